The zero-order chi connectivity index (χ0) is 24.1. The van der Waals surface area contributed by atoms with Crippen molar-refractivity contribution in [2.75, 3.05) is 19.4 Å². The van der Waals surface area contributed by atoms with Gasteiger partial charge in [-0.3, -0.25) is 9.59 Å². The Morgan fingerprint density at radius 2 is 1.81 bits per heavy atom. The van der Waals surface area contributed by atoms with Gasteiger partial charge in [0, 0.05) is 26.1 Å². The summed E-state index contributed by atoms with van der Waals surface area (Å²) in [6, 6.07) is 2.17. The minimum absolute atomic E-state index is 0.0129. The van der Waals surface area contributed by atoms with E-state index in [4.69, 9.17) is 28.6 Å². The third-order valence-electron chi connectivity index (χ3n) is 4.74. The Balaban J connectivity index is 2.07. The lowest BCUT2D eigenvalue weighted by Crippen LogP contribution is -2.57. The molecular weight excluding hydrogens is 456 g/mol. The lowest BCUT2D eigenvalue weighted by atomic mass is 9.81. The summed E-state index contributed by atoms with van der Waals surface area (Å²) in [5.41, 5.74) is -0.671. The van der Waals surface area contributed by atoms with Gasteiger partial charge in [-0.05, 0) is 52.2 Å². The Bertz CT molecular complexity index is 859. The number of carbonyl (C=O) groups is 3. The van der Waals surface area contributed by atoms with Crippen LogP contribution in [0.3, 0.4) is 0 Å². The number of thiocarbonyl (C=S) groups is 1. The van der Waals surface area contributed by atoms with Crippen LogP contribution in [0.5, 0.6) is 0 Å². The minimum Gasteiger partial charge on any atom is -0.444 e. The van der Waals surface area contributed by atoms with Crippen molar-refractivity contribution < 1.29 is 19.1 Å². The van der Waals surface area contributed by atoms with Gasteiger partial charge in [-0.15, -0.1) is 10.2 Å². The van der Waals surface area contributed by atoms with Gasteiger partial charge >= 0.3 is 6.09 Å². The second-order valence-corrected chi connectivity index (χ2v) is 9.57. The zero-order valence-electron chi connectivity index (χ0n) is 18.8. The van der Waals surface area contributed by atoms with E-state index < -0.39 is 23.6 Å². The average Bonchev–Trinajstić information content (AvgIpc) is 2.68. The summed E-state index contributed by atoms with van der Waals surface area (Å²) in [5.74, 6) is -0.637. The monoisotopic (exact) mass is 484 g/mol. The van der Waals surface area contributed by atoms with Crippen LogP contribution in [0.4, 0.5) is 10.6 Å². The maximum absolute atomic E-state index is 12.5. The summed E-state index contributed by atoms with van der Waals surface area (Å²) in [4.78, 5) is 38.8. The highest BCUT2D eigenvalue weighted by molar-refractivity contribution is 7.82. The molecule has 3 amide bonds. The summed E-state index contributed by atoms with van der Waals surface area (Å²) in [7, 11) is 3.39. The fourth-order valence-electron chi connectivity index (χ4n) is 3.34. The molecule has 1 saturated carbocycles. The third-order valence-corrected chi connectivity index (χ3v) is 5.24. The number of halogens is 1. The maximum atomic E-state index is 12.5. The van der Waals surface area contributed by atoms with Gasteiger partial charge in [0.05, 0.1) is 6.04 Å². The van der Waals surface area contributed by atoms with Gasteiger partial charge < -0.3 is 25.6 Å². The second kappa shape index (κ2) is 10.9. The number of amides is 3. The number of anilines is 1. The Hall–Kier alpha value is -2.53. The highest BCUT2D eigenvalue weighted by Gasteiger charge is 2.37. The Labute approximate surface area is 197 Å². The number of nitrogens with zero attached hydrogens (tertiary/aromatic N) is 3. The molecule has 2 rings (SSSR count). The van der Waals surface area contributed by atoms with E-state index in [2.05, 4.69) is 26.1 Å². The van der Waals surface area contributed by atoms with Crippen molar-refractivity contribution >= 4 is 52.5 Å². The summed E-state index contributed by atoms with van der Waals surface area (Å²) >= 11 is 10.9. The fraction of sp³-hybridized carbons (Fsp3) is 0.600. The highest BCUT2D eigenvalue weighted by atomic mass is 35.5. The molecule has 176 valence electrons. The van der Waals surface area contributed by atoms with Crippen molar-refractivity contribution in [1.82, 2.24) is 25.7 Å². The van der Waals surface area contributed by atoms with Gasteiger partial charge in [0.15, 0.2) is 16.0 Å². The molecule has 3 atom stereocenters. The molecule has 0 aliphatic heterocycles. The first kappa shape index (κ1) is 25.7. The van der Waals surface area contributed by atoms with Gasteiger partial charge in [0.1, 0.15) is 5.60 Å². The Kier molecular flexibility index (Phi) is 8.73. The van der Waals surface area contributed by atoms with Crippen molar-refractivity contribution in [1.29, 1.82) is 0 Å². The number of hydrogen-bond donors (Lipinski definition) is 3. The van der Waals surface area contributed by atoms with Crippen LogP contribution >= 0.6 is 23.8 Å². The largest absolute Gasteiger partial charge is 0.444 e. The van der Waals surface area contributed by atoms with Crippen LogP contribution in [0.2, 0.25) is 5.15 Å². The molecule has 0 radical (unpaired) electrons. The Morgan fingerprint density at radius 1 is 1.12 bits per heavy atom. The van der Waals surface area contributed by atoms with Gasteiger partial charge in [-0.25, -0.2) is 4.79 Å². The van der Waals surface area contributed by atoms with E-state index in [0.717, 1.165) is 0 Å². The van der Waals surface area contributed by atoms with Crippen molar-refractivity contribution in [3.63, 3.8) is 0 Å². The van der Waals surface area contributed by atoms with E-state index in [1.165, 1.54) is 17.0 Å². The van der Waals surface area contributed by atoms with E-state index in [1.807, 2.05) is 0 Å². The molecule has 0 spiro atoms. The van der Waals surface area contributed by atoms with Crippen molar-refractivity contribution in [3.8, 4) is 0 Å². The number of aromatic nitrogens is 2. The predicted octanol–water partition coefficient (Wildman–Crippen LogP) is 2.14. The molecule has 1 aromatic rings. The van der Waals surface area contributed by atoms with Crippen molar-refractivity contribution in [3.05, 3.63) is 17.3 Å². The summed E-state index contributed by atoms with van der Waals surface area (Å²) in [5, 5.41) is 16.0. The van der Waals surface area contributed by atoms with Crippen LogP contribution in [0.25, 0.3) is 0 Å². The van der Waals surface area contributed by atoms with Crippen LogP contribution in [0.15, 0.2) is 12.1 Å². The lowest BCUT2D eigenvalue weighted by Gasteiger charge is -2.37. The number of carbonyl (C=O) groups excluding carboxylic acids is 3. The molecule has 3 N–H and O–H groups in total. The van der Waals surface area contributed by atoms with E-state index >= 15 is 0 Å². The summed E-state index contributed by atoms with van der Waals surface area (Å²) in [6.45, 7) is 5.29. The molecule has 32 heavy (non-hydrogen) atoms. The second-order valence-electron chi connectivity index (χ2n) is 8.77. The molecule has 0 unspecified atom stereocenters. The lowest BCUT2D eigenvalue weighted by molar-refractivity contribution is -0.134. The first-order valence-electron chi connectivity index (χ1n) is 10.2. The van der Waals surface area contributed by atoms with E-state index in [9.17, 15) is 14.4 Å². The van der Waals surface area contributed by atoms with Gasteiger partial charge in [0.25, 0.3) is 5.91 Å². The van der Waals surface area contributed by atoms with Crippen LogP contribution in [-0.4, -0.2) is 69.8 Å². The molecule has 12 heteroatoms. The molecule has 1 fully saturated rings. The topological polar surface area (TPSA) is 126 Å². The van der Waals surface area contributed by atoms with Crippen molar-refractivity contribution in [2.45, 2.75) is 57.7 Å². The molecular formula is C20H29ClN6O4S. The smallest absolute Gasteiger partial charge is 0.407 e. The number of ether oxygens (including phenoxy) is 1. The molecule has 0 bridgehead atoms. The normalized spacial score (nSPS) is 20.6. The Morgan fingerprint density at radius 3 is 2.38 bits per heavy atom. The summed E-state index contributed by atoms with van der Waals surface area (Å²) in [6.07, 6.45) is 0.910. The molecule has 1 heterocycles. The number of rotatable bonds is 4. The molecule has 10 nitrogen and oxygen atoms in total. The van der Waals surface area contributed by atoms with Gasteiger partial charge in [0.2, 0.25) is 5.91 Å². The molecule has 0 saturated heterocycles. The molecule has 1 aliphatic carbocycles. The van der Waals surface area contributed by atoms with Crippen LogP contribution in [0, 0.1) is 5.92 Å². The van der Waals surface area contributed by atoms with E-state index in [-0.39, 0.29) is 33.8 Å². The van der Waals surface area contributed by atoms with Crippen LogP contribution in [0.1, 0.15) is 40.0 Å². The molecule has 1 aromatic heterocycles. The standard InChI is InChI=1S/C20H29ClN6O4S/c1-20(2,3)31-19(30)23-13-10-11(18(29)27(4)5)6-7-12(13)22-17(32)16(28)24-15-9-8-14(21)25-26-15/h8-9,11-13H,6-7,10H2,1-5H3,(H,22,32)(H,23,30)(H,24,26,28)/t11-,12-,13+/m0/s1. The zero-order valence-corrected chi connectivity index (χ0v) is 20.3. The first-order valence-corrected chi connectivity index (χ1v) is 11.0. The SMILES string of the molecule is CN(C)C(=O)[C@H]1CC[C@H](NC(=S)C(=O)Nc2ccc(Cl)nn2)[C@H](NC(=O)OC(C)(C)C)C1. The third kappa shape index (κ3) is 7.86. The van der Waals surface area contributed by atoms with Crippen LogP contribution < -0.4 is 16.0 Å². The van der Waals surface area contributed by atoms with E-state index in [0.29, 0.717) is 19.3 Å². The van der Waals surface area contributed by atoms with E-state index in [1.54, 1.807) is 34.9 Å². The van der Waals surface area contributed by atoms with Crippen LogP contribution in [-0.2, 0) is 14.3 Å². The maximum Gasteiger partial charge on any atom is 0.407 e. The number of hydrogen-bond acceptors (Lipinski definition) is 7. The van der Waals surface area contributed by atoms with Crippen molar-refractivity contribution in [2.24, 2.45) is 5.92 Å². The predicted molar refractivity (Wildman–Crippen MR) is 124 cm³/mol. The van der Waals surface area contributed by atoms with Gasteiger partial charge in [-0.2, -0.15) is 0 Å². The first-order chi connectivity index (χ1) is 14.9. The van der Waals surface area contributed by atoms with Gasteiger partial charge in [-0.1, -0.05) is 23.8 Å². The molecule has 0 aromatic carbocycles. The number of alkyl carbamates (subject to hydrolysis) is 1. The fourth-order valence-corrected chi connectivity index (χ4v) is 3.64. The molecule has 1 aliphatic rings. The highest BCUT2D eigenvalue weighted by Crippen LogP contribution is 2.27. The average molecular weight is 485 g/mol. The number of nitrogens with one attached hydrogen (secondary N) is 3. The quantitative estimate of drug-likeness (QED) is 0.555. The minimum atomic E-state index is -0.671. The summed E-state index contributed by atoms with van der Waals surface area (Å²) < 4.78 is 5.36.